The largest absolute Gasteiger partial charge is 0.381 e. The topological polar surface area (TPSA) is 27.7 Å². The van der Waals surface area contributed by atoms with Gasteiger partial charge in [0.05, 0.1) is 11.7 Å². The van der Waals surface area contributed by atoms with Crippen LogP contribution < -0.4 is 0 Å². The van der Waals surface area contributed by atoms with E-state index in [4.69, 9.17) is 14.2 Å². The number of ether oxygens (including phenoxy) is 3. The van der Waals surface area contributed by atoms with Gasteiger partial charge in [0, 0.05) is 26.4 Å². The monoisotopic (exact) mass is 356 g/mol. The lowest BCUT2D eigenvalue weighted by atomic mass is 9.67. The summed E-state index contributed by atoms with van der Waals surface area (Å²) in [6.45, 7) is 16.9. The third kappa shape index (κ3) is 12.0. The summed E-state index contributed by atoms with van der Waals surface area (Å²) < 4.78 is 17.4. The highest BCUT2D eigenvalue weighted by Gasteiger charge is 2.37. The highest BCUT2D eigenvalue weighted by atomic mass is 16.5. The quantitative estimate of drug-likeness (QED) is 0.379. The van der Waals surface area contributed by atoms with Gasteiger partial charge in [0.2, 0.25) is 0 Å². The van der Waals surface area contributed by atoms with E-state index in [1.165, 1.54) is 32.1 Å². The van der Waals surface area contributed by atoms with Gasteiger partial charge in [-0.25, -0.2) is 0 Å². The summed E-state index contributed by atoms with van der Waals surface area (Å²) in [6, 6.07) is 0. The second-order valence-electron chi connectivity index (χ2n) is 9.72. The third-order valence-corrected chi connectivity index (χ3v) is 5.07. The number of rotatable bonds is 13. The average Bonchev–Trinajstić information content (AvgIpc) is 2.43. The second kappa shape index (κ2) is 11.6. The number of unbranched alkanes of at least 4 members (excludes halogenated alkanes) is 4. The highest BCUT2D eigenvalue weighted by molar-refractivity contribution is 4.87. The van der Waals surface area contributed by atoms with Gasteiger partial charge in [-0.1, -0.05) is 20.8 Å². The van der Waals surface area contributed by atoms with E-state index < -0.39 is 0 Å². The predicted octanol–water partition coefficient (Wildman–Crippen LogP) is 6.00. The van der Waals surface area contributed by atoms with Gasteiger partial charge >= 0.3 is 0 Å². The maximum atomic E-state index is 5.96. The van der Waals surface area contributed by atoms with Crippen molar-refractivity contribution in [1.29, 1.82) is 0 Å². The average molecular weight is 357 g/mol. The lowest BCUT2D eigenvalue weighted by Gasteiger charge is -2.43. The fourth-order valence-corrected chi connectivity index (χ4v) is 3.11. The Morgan fingerprint density at radius 3 is 1.72 bits per heavy atom. The van der Waals surface area contributed by atoms with E-state index in [0.717, 1.165) is 51.6 Å². The molecule has 1 fully saturated rings. The Kier molecular flexibility index (Phi) is 10.6. The summed E-state index contributed by atoms with van der Waals surface area (Å²) in [7, 11) is 0. The lowest BCUT2D eigenvalue weighted by molar-refractivity contribution is -0.0629. The van der Waals surface area contributed by atoms with Crippen molar-refractivity contribution in [3.63, 3.8) is 0 Å². The van der Waals surface area contributed by atoms with E-state index in [1.54, 1.807) is 0 Å². The Balaban J connectivity index is 1.74. The van der Waals surface area contributed by atoms with Crippen LogP contribution in [0.25, 0.3) is 0 Å². The van der Waals surface area contributed by atoms with Crippen molar-refractivity contribution in [1.82, 2.24) is 0 Å². The molecular formula is C22H44O3. The van der Waals surface area contributed by atoms with E-state index in [9.17, 15) is 0 Å². The zero-order valence-corrected chi connectivity index (χ0v) is 17.9. The van der Waals surface area contributed by atoms with E-state index in [2.05, 4.69) is 41.5 Å². The molecule has 0 spiro atoms. The molecule has 0 heterocycles. The van der Waals surface area contributed by atoms with Crippen LogP contribution in [0.1, 0.15) is 92.9 Å². The highest BCUT2D eigenvalue weighted by Crippen LogP contribution is 2.42. The first kappa shape index (κ1) is 22.9. The number of hydrogen-bond donors (Lipinski definition) is 0. The molecule has 25 heavy (non-hydrogen) atoms. The fourth-order valence-electron chi connectivity index (χ4n) is 3.11. The molecule has 0 saturated heterocycles. The minimum atomic E-state index is -0.00680. The van der Waals surface area contributed by atoms with Crippen LogP contribution in [0.15, 0.2) is 0 Å². The van der Waals surface area contributed by atoms with Gasteiger partial charge in [-0.3, -0.25) is 0 Å². The molecule has 1 rings (SSSR count). The van der Waals surface area contributed by atoms with Crippen molar-refractivity contribution in [2.24, 2.45) is 11.3 Å². The first-order valence-electron chi connectivity index (χ1n) is 10.5. The van der Waals surface area contributed by atoms with E-state index in [-0.39, 0.29) is 5.60 Å². The first-order chi connectivity index (χ1) is 11.7. The third-order valence-electron chi connectivity index (χ3n) is 5.07. The van der Waals surface area contributed by atoms with Crippen molar-refractivity contribution >= 4 is 0 Å². The summed E-state index contributed by atoms with van der Waals surface area (Å²) in [5.74, 6) is 0.853. The van der Waals surface area contributed by atoms with Crippen molar-refractivity contribution < 1.29 is 14.2 Å². The molecule has 1 aliphatic rings. The molecule has 1 saturated carbocycles. The van der Waals surface area contributed by atoms with E-state index in [0.29, 0.717) is 11.5 Å². The molecule has 1 aliphatic carbocycles. The summed E-state index contributed by atoms with van der Waals surface area (Å²) in [5, 5.41) is 0. The van der Waals surface area contributed by atoms with Crippen LogP contribution >= 0.6 is 0 Å². The summed E-state index contributed by atoms with van der Waals surface area (Å²) in [6.07, 6.45) is 10.1. The van der Waals surface area contributed by atoms with Gasteiger partial charge in [0.15, 0.2) is 0 Å². The van der Waals surface area contributed by atoms with E-state index >= 15 is 0 Å². The fraction of sp³-hybridized carbons (Fsp3) is 1.00. The van der Waals surface area contributed by atoms with Gasteiger partial charge in [-0.15, -0.1) is 0 Å². The summed E-state index contributed by atoms with van der Waals surface area (Å²) >= 11 is 0. The molecule has 3 heteroatoms. The van der Waals surface area contributed by atoms with Gasteiger partial charge in [0.25, 0.3) is 0 Å². The Labute approximate surface area is 157 Å². The molecule has 150 valence electrons. The normalized spacial score (nSPS) is 21.4. The Morgan fingerprint density at radius 2 is 1.20 bits per heavy atom. The van der Waals surface area contributed by atoms with Gasteiger partial charge < -0.3 is 14.2 Å². The molecule has 0 unspecified atom stereocenters. The van der Waals surface area contributed by atoms with Crippen LogP contribution in [0, 0.1) is 11.3 Å². The van der Waals surface area contributed by atoms with Crippen molar-refractivity contribution in [3.8, 4) is 0 Å². The van der Waals surface area contributed by atoms with Crippen LogP contribution in [0.2, 0.25) is 0 Å². The zero-order chi connectivity index (χ0) is 18.8. The van der Waals surface area contributed by atoms with Crippen LogP contribution in [0.4, 0.5) is 0 Å². The Hall–Kier alpha value is -0.120. The maximum Gasteiger partial charge on any atom is 0.0598 e. The number of hydrogen-bond acceptors (Lipinski definition) is 3. The Bertz CT molecular complexity index is 321. The van der Waals surface area contributed by atoms with E-state index in [1.807, 2.05) is 0 Å². The molecule has 0 radical (unpaired) electrons. The molecule has 0 aromatic carbocycles. The molecule has 0 aromatic heterocycles. The molecular weight excluding hydrogens is 312 g/mol. The van der Waals surface area contributed by atoms with Crippen molar-refractivity contribution in [2.75, 3.05) is 26.4 Å². The standard InChI is InChI=1S/C22H44O3/c1-21(2,3)19-17-20(18-19)24-15-11-7-9-13-23-14-10-8-12-16-25-22(4,5)6/h19-20H,7-18H2,1-6H3. The van der Waals surface area contributed by atoms with Crippen LogP contribution in [-0.2, 0) is 14.2 Å². The van der Waals surface area contributed by atoms with Gasteiger partial charge in [-0.2, -0.15) is 0 Å². The van der Waals surface area contributed by atoms with Crippen molar-refractivity contribution in [2.45, 2.75) is 105 Å². The van der Waals surface area contributed by atoms with Crippen LogP contribution in [0.3, 0.4) is 0 Å². The minimum Gasteiger partial charge on any atom is -0.381 e. The van der Waals surface area contributed by atoms with Gasteiger partial charge in [-0.05, 0) is 83.5 Å². The zero-order valence-electron chi connectivity index (χ0n) is 17.9. The smallest absolute Gasteiger partial charge is 0.0598 e. The summed E-state index contributed by atoms with van der Waals surface area (Å²) in [4.78, 5) is 0. The molecule has 0 atom stereocenters. The molecule has 0 amide bonds. The molecule has 3 nitrogen and oxygen atoms in total. The molecule has 0 N–H and O–H groups in total. The summed E-state index contributed by atoms with van der Waals surface area (Å²) in [5.41, 5.74) is 0.448. The van der Waals surface area contributed by atoms with Gasteiger partial charge in [0.1, 0.15) is 0 Å². The predicted molar refractivity (Wildman–Crippen MR) is 106 cm³/mol. The molecule has 0 bridgehead atoms. The van der Waals surface area contributed by atoms with Crippen LogP contribution in [0.5, 0.6) is 0 Å². The molecule has 0 aromatic rings. The van der Waals surface area contributed by atoms with Crippen LogP contribution in [-0.4, -0.2) is 38.1 Å². The Morgan fingerprint density at radius 1 is 0.680 bits per heavy atom. The first-order valence-corrected chi connectivity index (χ1v) is 10.5. The maximum absolute atomic E-state index is 5.96. The molecule has 0 aliphatic heterocycles. The SMILES string of the molecule is CC(C)(C)OCCCCCOCCCCCOC1CC(C(C)(C)C)C1. The lowest BCUT2D eigenvalue weighted by Crippen LogP contribution is -2.39. The minimum absolute atomic E-state index is 0.00680. The second-order valence-corrected chi connectivity index (χ2v) is 9.72. The van der Waals surface area contributed by atoms with Crippen molar-refractivity contribution in [3.05, 3.63) is 0 Å².